The molecule has 2 N–H and O–H groups in total. The molecule has 0 bridgehead atoms. The Labute approximate surface area is 112 Å². The van der Waals surface area contributed by atoms with Gasteiger partial charge >= 0.3 is 0 Å². The number of carbonyl (C=O) groups excluding carboxylic acids is 1. The van der Waals surface area contributed by atoms with Crippen molar-refractivity contribution in [2.24, 2.45) is 0 Å². The van der Waals surface area contributed by atoms with E-state index in [9.17, 15) is 4.79 Å². The summed E-state index contributed by atoms with van der Waals surface area (Å²) in [5, 5.41) is 6.78. The van der Waals surface area contributed by atoms with Crippen LogP contribution in [0, 0.1) is 6.92 Å². The molecule has 2 rings (SSSR count). The molecule has 1 saturated heterocycles. The molecule has 1 atom stereocenters. The van der Waals surface area contributed by atoms with E-state index in [4.69, 9.17) is 11.6 Å². The van der Waals surface area contributed by atoms with Gasteiger partial charge in [-0.3, -0.25) is 4.79 Å². The van der Waals surface area contributed by atoms with Crippen LogP contribution in [0.3, 0.4) is 0 Å². The van der Waals surface area contributed by atoms with Crippen LogP contribution in [0.4, 0.5) is 5.69 Å². The zero-order valence-electron chi connectivity index (χ0n) is 9.63. The molecule has 94 valence electrons. The SMILES string of the molecule is Cc1cc(NC(=O)C2CCCN2)ccc1Cl.Cl. The van der Waals surface area contributed by atoms with E-state index in [-0.39, 0.29) is 24.4 Å². The van der Waals surface area contributed by atoms with Crippen LogP contribution in [0.15, 0.2) is 18.2 Å². The topological polar surface area (TPSA) is 41.1 Å². The second kappa shape index (κ2) is 6.24. The average molecular weight is 275 g/mol. The molecular formula is C12H16Cl2N2O. The molecule has 1 fully saturated rings. The number of anilines is 1. The third-order valence-electron chi connectivity index (χ3n) is 2.80. The molecule has 1 aromatic carbocycles. The molecule has 1 amide bonds. The summed E-state index contributed by atoms with van der Waals surface area (Å²) in [6.07, 6.45) is 1.98. The van der Waals surface area contributed by atoms with E-state index >= 15 is 0 Å². The monoisotopic (exact) mass is 274 g/mol. The molecule has 5 heteroatoms. The van der Waals surface area contributed by atoms with Gasteiger partial charge in [0.2, 0.25) is 5.91 Å². The number of aryl methyl sites for hydroxylation is 1. The van der Waals surface area contributed by atoms with Gasteiger partial charge in [-0.25, -0.2) is 0 Å². The Kier molecular flexibility index (Phi) is 5.25. The van der Waals surface area contributed by atoms with Crippen molar-refractivity contribution in [3.8, 4) is 0 Å². The van der Waals surface area contributed by atoms with Gasteiger partial charge in [0.05, 0.1) is 6.04 Å². The molecule has 1 aliphatic rings. The van der Waals surface area contributed by atoms with Gasteiger partial charge in [-0.05, 0) is 50.1 Å². The lowest BCUT2D eigenvalue weighted by Gasteiger charge is -2.11. The smallest absolute Gasteiger partial charge is 0.241 e. The summed E-state index contributed by atoms with van der Waals surface area (Å²) in [5.41, 5.74) is 1.78. The highest BCUT2D eigenvalue weighted by Gasteiger charge is 2.21. The summed E-state index contributed by atoms with van der Waals surface area (Å²) in [6, 6.07) is 5.46. The van der Waals surface area contributed by atoms with Crippen LogP contribution >= 0.6 is 24.0 Å². The highest BCUT2D eigenvalue weighted by atomic mass is 35.5. The lowest BCUT2D eigenvalue weighted by atomic mass is 10.2. The van der Waals surface area contributed by atoms with Crippen LogP contribution in [-0.2, 0) is 4.79 Å². The van der Waals surface area contributed by atoms with Crippen molar-refractivity contribution in [1.29, 1.82) is 0 Å². The van der Waals surface area contributed by atoms with Crippen molar-refractivity contribution in [2.45, 2.75) is 25.8 Å². The summed E-state index contributed by atoms with van der Waals surface area (Å²) in [7, 11) is 0. The minimum absolute atomic E-state index is 0. The first kappa shape index (κ1) is 14.3. The van der Waals surface area contributed by atoms with Gasteiger partial charge in [0.1, 0.15) is 0 Å². The van der Waals surface area contributed by atoms with Crippen LogP contribution in [-0.4, -0.2) is 18.5 Å². The standard InChI is InChI=1S/C12H15ClN2O.ClH/c1-8-7-9(4-5-10(8)13)15-12(16)11-3-2-6-14-11;/h4-5,7,11,14H,2-3,6H2,1H3,(H,15,16);1H. The Balaban J connectivity index is 0.00000144. The maximum absolute atomic E-state index is 11.8. The van der Waals surface area contributed by atoms with Crippen molar-refractivity contribution >= 4 is 35.6 Å². The Morgan fingerprint density at radius 2 is 2.29 bits per heavy atom. The molecule has 0 radical (unpaired) electrons. The van der Waals surface area contributed by atoms with E-state index in [1.807, 2.05) is 19.1 Å². The fourth-order valence-electron chi connectivity index (χ4n) is 1.86. The number of hydrogen-bond acceptors (Lipinski definition) is 2. The minimum Gasteiger partial charge on any atom is -0.325 e. The second-order valence-electron chi connectivity index (χ2n) is 4.10. The van der Waals surface area contributed by atoms with Crippen LogP contribution in [0.1, 0.15) is 18.4 Å². The van der Waals surface area contributed by atoms with E-state index in [1.165, 1.54) is 0 Å². The molecule has 1 aromatic rings. The Morgan fingerprint density at radius 3 is 2.88 bits per heavy atom. The molecule has 0 aliphatic carbocycles. The number of halogens is 2. The molecule has 0 spiro atoms. The first-order chi connectivity index (χ1) is 7.66. The summed E-state index contributed by atoms with van der Waals surface area (Å²) in [5.74, 6) is 0.0409. The molecule has 0 aromatic heterocycles. The molecule has 1 aliphatic heterocycles. The predicted molar refractivity (Wildman–Crippen MR) is 73.1 cm³/mol. The number of benzene rings is 1. The molecule has 1 heterocycles. The van der Waals surface area contributed by atoms with Crippen LogP contribution < -0.4 is 10.6 Å². The molecular weight excluding hydrogens is 259 g/mol. The lowest BCUT2D eigenvalue weighted by Crippen LogP contribution is -2.35. The predicted octanol–water partition coefficient (Wildman–Crippen LogP) is 2.76. The van der Waals surface area contributed by atoms with E-state index in [0.29, 0.717) is 0 Å². The third-order valence-corrected chi connectivity index (χ3v) is 3.23. The number of amides is 1. The van der Waals surface area contributed by atoms with Crippen molar-refractivity contribution < 1.29 is 4.79 Å². The Morgan fingerprint density at radius 1 is 1.53 bits per heavy atom. The van der Waals surface area contributed by atoms with Gasteiger partial charge in [-0.2, -0.15) is 0 Å². The first-order valence-electron chi connectivity index (χ1n) is 5.47. The van der Waals surface area contributed by atoms with Crippen LogP contribution in [0.25, 0.3) is 0 Å². The number of rotatable bonds is 2. The van der Waals surface area contributed by atoms with Crippen molar-refractivity contribution in [3.05, 3.63) is 28.8 Å². The zero-order valence-corrected chi connectivity index (χ0v) is 11.2. The largest absolute Gasteiger partial charge is 0.325 e. The third kappa shape index (κ3) is 3.60. The van der Waals surface area contributed by atoms with Gasteiger partial charge in [0.15, 0.2) is 0 Å². The molecule has 3 nitrogen and oxygen atoms in total. The minimum atomic E-state index is -0.0454. The second-order valence-corrected chi connectivity index (χ2v) is 4.51. The maximum Gasteiger partial charge on any atom is 0.241 e. The fourth-order valence-corrected chi connectivity index (χ4v) is 1.98. The van der Waals surface area contributed by atoms with Crippen LogP contribution in [0.2, 0.25) is 5.02 Å². The van der Waals surface area contributed by atoms with Crippen molar-refractivity contribution in [1.82, 2.24) is 5.32 Å². The summed E-state index contributed by atoms with van der Waals surface area (Å²) < 4.78 is 0. The Bertz CT molecular complexity index is 403. The van der Waals surface area contributed by atoms with Gasteiger partial charge in [-0.1, -0.05) is 11.6 Å². The van der Waals surface area contributed by atoms with Crippen LogP contribution in [0.5, 0.6) is 0 Å². The number of nitrogens with one attached hydrogen (secondary N) is 2. The first-order valence-corrected chi connectivity index (χ1v) is 5.85. The summed E-state index contributed by atoms with van der Waals surface area (Å²) in [4.78, 5) is 11.8. The molecule has 17 heavy (non-hydrogen) atoms. The zero-order chi connectivity index (χ0) is 11.5. The van der Waals surface area contributed by atoms with E-state index in [0.717, 1.165) is 35.7 Å². The van der Waals surface area contributed by atoms with E-state index in [2.05, 4.69) is 10.6 Å². The number of hydrogen-bond donors (Lipinski definition) is 2. The average Bonchev–Trinajstić information content (AvgIpc) is 2.77. The van der Waals surface area contributed by atoms with Gasteiger partial charge in [0.25, 0.3) is 0 Å². The molecule has 1 unspecified atom stereocenters. The summed E-state index contributed by atoms with van der Waals surface area (Å²) >= 11 is 5.92. The van der Waals surface area contributed by atoms with Crippen molar-refractivity contribution in [2.75, 3.05) is 11.9 Å². The van der Waals surface area contributed by atoms with Gasteiger partial charge < -0.3 is 10.6 Å². The quantitative estimate of drug-likeness (QED) is 0.871. The fraction of sp³-hybridized carbons (Fsp3) is 0.417. The Hall–Kier alpha value is -0.770. The lowest BCUT2D eigenvalue weighted by molar-refractivity contribution is -0.117. The molecule has 0 saturated carbocycles. The summed E-state index contributed by atoms with van der Waals surface area (Å²) in [6.45, 7) is 2.85. The van der Waals surface area contributed by atoms with Crippen molar-refractivity contribution in [3.63, 3.8) is 0 Å². The van der Waals surface area contributed by atoms with Gasteiger partial charge in [0, 0.05) is 10.7 Å². The maximum atomic E-state index is 11.8. The highest BCUT2D eigenvalue weighted by Crippen LogP contribution is 2.19. The normalized spacial score (nSPS) is 18.6. The number of carbonyl (C=O) groups is 1. The van der Waals surface area contributed by atoms with Gasteiger partial charge in [-0.15, -0.1) is 12.4 Å². The van der Waals surface area contributed by atoms with E-state index in [1.54, 1.807) is 6.07 Å². The van der Waals surface area contributed by atoms with E-state index < -0.39 is 0 Å². The highest BCUT2D eigenvalue weighted by molar-refractivity contribution is 6.31.